The molecule has 2 aliphatic heterocycles. The molecule has 132 valence electrons. The number of nitrogens with one attached hydrogen (secondary N) is 2. The van der Waals surface area contributed by atoms with Gasteiger partial charge in [-0.05, 0) is 12.1 Å². The van der Waals surface area contributed by atoms with Crippen LogP contribution in [0.3, 0.4) is 0 Å². The predicted octanol–water partition coefficient (Wildman–Crippen LogP) is 0.508. The fourth-order valence-corrected chi connectivity index (χ4v) is 2.66. The van der Waals surface area contributed by atoms with Gasteiger partial charge in [-0.1, -0.05) is 12.1 Å². The number of para-hydroxylation sites is 1. The summed E-state index contributed by atoms with van der Waals surface area (Å²) in [7, 11) is 0. The van der Waals surface area contributed by atoms with Gasteiger partial charge in [0.05, 0.1) is 31.1 Å². The third-order valence-corrected chi connectivity index (χ3v) is 3.93. The molecule has 24 heavy (non-hydrogen) atoms. The van der Waals surface area contributed by atoms with Crippen molar-refractivity contribution >= 4 is 29.9 Å². The Morgan fingerprint density at radius 1 is 1.17 bits per heavy atom. The van der Waals surface area contributed by atoms with Crippen molar-refractivity contribution in [2.75, 3.05) is 51.3 Å². The molecule has 2 N–H and O–H groups in total. The molecule has 2 aliphatic rings. The molecular weight excluding hydrogens is 334 g/mol. The first kappa shape index (κ1) is 18.7. The number of hydrogen-bond acceptors (Lipinski definition) is 5. The van der Waals surface area contributed by atoms with Crippen LogP contribution in [0.1, 0.15) is 10.4 Å². The summed E-state index contributed by atoms with van der Waals surface area (Å²) < 4.78 is 10.7. The summed E-state index contributed by atoms with van der Waals surface area (Å²) in [5.41, 5.74) is 1.01. The van der Waals surface area contributed by atoms with Gasteiger partial charge in [0.1, 0.15) is 6.10 Å². The first-order valence-electron chi connectivity index (χ1n) is 7.85. The van der Waals surface area contributed by atoms with Gasteiger partial charge in [-0.3, -0.25) is 9.59 Å². The molecule has 2 saturated heterocycles. The zero-order chi connectivity index (χ0) is 16.1. The van der Waals surface area contributed by atoms with Gasteiger partial charge in [-0.25, -0.2) is 0 Å². The fraction of sp³-hybridized carbons (Fsp3) is 0.500. The van der Waals surface area contributed by atoms with Crippen LogP contribution in [0.5, 0.6) is 0 Å². The van der Waals surface area contributed by atoms with E-state index < -0.39 is 6.10 Å². The SMILES string of the molecule is Cl.O=C(Nc1ccccc1C(=O)N1CCOCC1)[C@H]1CNCCO1. The predicted molar refractivity (Wildman–Crippen MR) is 91.7 cm³/mol. The lowest BCUT2D eigenvalue weighted by Gasteiger charge is -2.28. The van der Waals surface area contributed by atoms with Crippen molar-refractivity contribution in [1.29, 1.82) is 0 Å². The lowest BCUT2D eigenvalue weighted by atomic mass is 10.1. The highest BCUT2D eigenvalue weighted by Crippen LogP contribution is 2.18. The number of ether oxygens (including phenoxy) is 2. The Morgan fingerprint density at radius 2 is 1.92 bits per heavy atom. The third-order valence-electron chi connectivity index (χ3n) is 3.93. The summed E-state index contributed by atoms with van der Waals surface area (Å²) in [6.45, 7) is 3.95. The molecule has 3 rings (SSSR count). The molecule has 0 spiro atoms. The lowest BCUT2D eigenvalue weighted by molar-refractivity contribution is -0.128. The zero-order valence-electron chi connectivity index (χ0n) is 13.3. The van der Waals surface area contributed by atoms with Gasteiger partial charge in [-0.2, -0.15) is 0 Å². The van der Waals surface area contributed by atoms with Crippen LogP contribution in [0.2, 0.25) is 0 Å². The molecule has 2 heterocycles. The molecule has 0 saturated carbocycles. The first-order valence-corrected chi connectivity index (χ1v) is 7.85. The topological polar surface area (TPSA) is 79.9 Å². The monoisotopic (exact) mass is 355 g/mol. The van der Waals surface area contributed by atoms with Crippen molar-refractivity contribution in [1.82, 2.24) is 10.2 Å². The molecule has 2 amide bonds. The van der Waals surface area contributed by atoms with Gasteiger partial charge in [-0.15, -0.1) is 12.4 Å². The quantitative estimate of drug-likeness (QED) is 0.825. The Morgan fingerprint density at radius 3 is 2.62 bits per heavy atom. The van der Waals surface area contributed by atoms with Crippen molar-refractivity contribution in [3.05, 3.63) is 29.8 Å². The Kier molecular flexibility index (Phi) is 6.99. The minimum Gasteiger partial charge on any atom is -0.378 e. The molecule has 1 aromatic rings. The number of anilines is 1. The maximum absolute atomic E-state index is 12.7. The van der Waals surface area contributed by atoms with E-state index in [1.165, 1.54) is 0 Å². The van der Waals surface area contributed by atoms with Crippen LogP contribution in [-0.4, -0.2) is 68.8 Å². The first-order chi connectivity index (χ1) is 11.3. The average Bonchev–Trinajstić information content (AvgIpc) is 2.63. The summed E-state index contributed by atoms with van der Waals surface area (Å²) in [6.07, 6.45) is -0.532. The van der Waals surface area contributed by atoms with E-state index in [1.807, 2.05) is 0 Å². The van der Waals surface area contributed by atoms with Gasteiger partial charge >= 0.3 is 0 Å². The van der Waals surface area contributed by atoms with Crippen molar-refractivity contribution in [3.8, 4) is 0 Å². The van der Waals surface area contributed by atoms with Gasteiger partial charge in [0.25, 0.3) is 11.8 Å². The number of benzene rings is 1. The Hall–Kier alpha value is -1.67. The van der Waals surface area contributed by atoms with E-state index in [0.717, 1.165) is 6.54 Å². The highest BCUT2D eigenvalue weighted by molar-refractivity contribution is 6.04. The number of amides is 2. The highest BCUT2D eigenvalue weighted by Gasteiger charge is 2.25. The van der Waals surface area contributed by atoms with E-state index in [4.69, 9.17) is 9.47 Å². The molecule has 0 aromatic heterocycles. The Balaban J connectivity index is 0.00000208. The van der Waals surface area contributed by atoms with E-state index in [2.05, 4.69) is 10.6 Å². The summed E-state index contributed by atoms with van der Waals surface area (Å²) in [4.78, 5) is 26.7. The smallest absolute Gasteiger partial charge is 0.256 e. The van der Waals surface area contributed by atoms with Gasteiger partial charge in [0.15, 0.2) is 0 Å². The average molecular weight is 356 g/mol. The summed E-state index contributed by atoms with van der Waals surface area (Å²) >= 11 is 0. The normalized spacial score (nSPS) is 20.8. The van der Waals surface area contributed by atoms with E-state index in [-0.39, 0.29) is 24.2 Å². The van der Waals surface area contributed by atoms with Gasteiger partial charge in [0, 0.05) is 26.2 Å². The van der Waals surface area contributed by atoms with Crippen LogP contribution in [0, 0.1) is 0 Å². The van der Waals surface area contributed by atoms with Crippen LogP contribution >= 0.6 is 12.4 Å². The summed E-state index contributed by atoms with van der Waals surface area (Å²) in [6, 6.07) is 7.06. The van der Waals surface area contributed by atoms with Crippen molar-refractivity contribution in [3.63, 3.8) is 0 Å². The molecule has 0 radical (unpaired) electrons. The molecule has 0 aliphatic carbocycles. The molecular formula is C16H22ClN3O4. The largest absolute Gasteiger partial charge is 0.378 e. The lowest BCUT2D eigenvalue weighted by Crippen LogP contribution is -2.45. The highest BCUT2D eigenvalue weighted by atomic mass is 35.5. The van der Waals surface area contributed by atoms with Crippen molar-refractivity contribution in [2.24, 2.45) is 0 Å². The number of rotatable bonds is 3. The molecule has 1 aromatic carbocycles. The third kappa shape index (κ3) is 4.45. The van der Waals surface area contributed by atoms with E-state index in [0.29, 0.717) is 50.7 Å². The van der Waals surface area contributed by atoms with Crippen molar-refractivity contribution < 1.29 is 19.1 Å². The van der Waals surface area contributed by atoms with Crippen LogP contribution in [0.15, 0.2) is 24.3 Å². The van der Waals surface area contributed by atoms with E-state index in [1.54, 1.807) is 29.2 Å². The molecule has 2 fully saturated rings. The Bertz CT molecular complexity index is 572. The number of carbonyl (C=O) groups is 2. The standard InChI is InChI=1S/C16H21N3O4.ClH/c20-15(14-11-17-5-8-23-14)18-13-4-2-1-3-12(13)16(21)19-6-9-22-10-7-19;/h1-4,14,17H,5-11H2,(H,18,20);1H/t14-;/m1./s1. The summed E-state index contributed by atoms with van der Waals surface area (Å²) in [5.74, 6) is -0.327. The minimum atomic E-state index is -0.532. The maximum Gasteiger partial charge on any atom is 0.256 e. The number of halogens is 1. The molecule has 7 nitrogen and oxygen atoms in total. The number of nitrogens with zero attached hydrogens (tertiary/aromatic N) is 1. The number of morpholine rings is 2. The molecule has 1 atom stereocenters. The van der Waals surface area contributed by atoms with Crippen LogP contribution in [-0.2, 0) is 14.3 Å². The maximum atomic E-state index is 12.7. The minimum absolute atomic E-state index is 0. The zero-order valence-corrected chi connectivity index (χ0v) is 14.1. The fourth-order valence-electron chi connectivity index (χ4n) is 2.66. The molecule has 0 unspecified atom stereocenters. The second-order valence-corrected chi connectivity index (χ2v) is 5.50. The molecule has 8 heteroatoms. The second-order valence-electron chi connectivity index (χ2n) is 5.50. The van der Waals surface area contributed by atoms with Crippen LogP contribution in [0.25, 0.3) is 0 Å². The van der Waals surface area contributed by atoms with Crippen LogP contribution in [0.4, 0.5) is 5.69 Å². The van der Waals surface area contributed by atoms with Gasteiger partial charge in [0.2, 0.25) is 0 Å². The second kappa shape index (κ2) is 8.98. The van der Waals surface area contributed by atoms with Gasteiger partial charge < -0.3 is 25.0 Å². The van der Waals surface area contributed by atoms with Crippen molar-refractivity contribution in [2.45, 2.75) is 6.10 Å². The number of hydrogen-bond donors (Lipinski definition) is 2. The van der Waals surface area contributed by atoms with E-state index >= 15 is 0 Å². The summed E-state index contributed by atoms with van der Waals surface area (Å²) in [5, 5.41) is 5.93. The van der Waals surface area contributed by atoms with E-state index in [9.17, 15) is 9.59 Å². The molecule has 0 bridgehead atoms. The number of carbonyl (C=O) groups excluding carboxylic acids is 2. The van der Waals surface area contributed by atoms with Crippen LogP contribution < -0.4 is 10.6 Å². The Labute approximate surface area is 147 Å².